The molecule has 0 bridgehead atoms. The maximum Gasteiger partial charge on any atom is 0.339 e. The summed E-state index contributed by atoms with van der Waals surface area (Å²) in [5.41, 5.74) is -0.200. The molecule has 0 aromatic heterocycles. The molecule has 0 saturated heterocycles. The van der Waals surface area contributed by atoms with Crippen LogP contribution in [-0.2, 0) is 9.47 Å². The normalized spacial score (nSPS) is 10.4. The summed E-state index contributed by atoms with van der Waals surface area (Å²) in [4.78, 5) is 35.7. The van der Waals surface area contributed by atoms with Crippen molar-refractivity contribution in [1.29, 1.82) is 0 Å². The molecule has 0 unspecified atom stereocenters. The van der Waals surface area contributed by atoms with E-state index in [2.05, 4.69) is 13.8 Å². The number of carbonyl (C=O) groups excluding carboxylic acids is 2. The SMILES string of the molecule is CCCCCCOC(=O)c1ccc(C(=O)OCCCCCC)c(C(=O)O)c1. The van der Waals surface area contributed by atoms with Gasteiger partial charge in [-0.05, 0) is 31.0 Å². The van der Waals surface area contributed by atoms with Crippen LogP contribution in [0.15, 0.2) is 18.2 Å². The average Bonchev–Trinajstić information content (AvgIpc) is 2.66. The molecule has 1 N–H and O–H groups in total. The van der Waals surface area contributed by atoms with E-state index in [1.165, 1.54) is 18.2 Å². The van der Waals surface area contributed by atoms with Crippen molar-refractivity contribution in [2.24, 2.45) is 0 Å². The Morgan fingerprint density at radius 1 is 0.778 bits per heavy atom. The van der Waals surface area contributed by atoms with Crippen LogP contribution in [0.5, 0.6) is 0 Å². The summed E-state index contributed by atoms with van der Waals surface area (Å²) in [6.07, 6.45) is 7.76. The van der Waals surface area contributed by atoms with Gasteiger partial charge in [0.25, 0.3) is 0 Å². The molecule has 0 aliphatic rings. The Hall–Kier alpha value is -2.37. The third kappa shape index (κ3) is 8.24. The highest BCUT2D eigenvalue weighted by Crippen LogP contribution is 2.16. The minimum absolute atomic E-state index is 0.0579. The fraction of sp³-hybridized carbons (Fsp3) is 0.571. The van der Waals surface area contributed by atoms with Crippen LogP contribution >= 0.6 is 0 Å². The van der Waals surface area contributed by atoms with Crippen LogP contribution in [0.3, 0.4) is 0 Å². The quantitative estimate of drug-likeness (QED) is 0.389. The smallest absolute Gasteiger partial charge is 0.339 e. The van der Waals surface area contributed by atoms with Crippen molar-refractivity contribution < 1.29 is 29.0 Å². The Morgan fingerprint density at radius 3 is 1.85 bits per heavy atom. The van der Waals surface area contributed by atoms with Gasteiger partial charge in [0.2, 0.25) is 0 Å². The van der Waals surface area contributed by atoms with Crippen LogP contribution in [0.2, 0.25) is 0 Å². The maximum absolute atomic E-state index is 12.2. The van der Waals surface area contributed by atoms with Crippen molar-refractivity contribution in [3.8, 4) is 0 Å². The van der Waals surface area contributed by atoms with Crippen LogP contribution in [0.1, 0.15) is 96.3 Å². The summed E-state index contributed by atoms with van der Waals surface area (Å²) in [6.45, 7) is 4.72. The van der Waals surface area contributed by atoms with Gasteiger partial charge in [0, 0.05) is 0 Å². The van der Waals surface area contributed by atoms with Gasteiger partial charge in [-0.25, -0.2) is 14.4 Å². The Balaban J connectivity index is 2.69. The molecule has 1 aromatic rings. The van der Waals surface area contributed by atoms with E-state index < -0.39 is 17.9 Å². The molecule has 0 radical (unpaired) electrons. The molecule has 1 rings (SSSR count). The average molecular weight is 378 g/mol. The predicted octanol–water partition coefficient (Wildman–Crippen LogP) is 4.86. The zero-order valence-electron chi connectivity index (χ0n) is 16.3. The van der Waals surface area contributed by atoms with Gasteiger partial charge in [0.15, 0.2) is 0 Å². The van der Waals surface area contributed by atoms with Crippen molar-refractivity contribution in [3.63, 3.8) is 0 Å². The first-order valence-electron chi connectivity index (χ1n) is 9.72. The number of carboxylic acids is 1. The molecule has 0 atom stereocenters. The molecule has 0 aliphatic carbocycles. The van der Waals surface area contributed by atoms with Crippen molar-refractivity contribution in [2.75, 3.05) is 13.2 Å². The lowest BCUT2D eigenvalue weighted by Gasteiger charge is -2.09. The van der Waals surface area contributed by atoms with Gasteiger partial charge in [-0.2, -0.15) is 0 Å². The second kappa shape index (κ2) is 12.9. The number of ether oxygens (including phenoxy) is 2. The van der Waals surface area contributed by atoms with E-state index in [1.54, 1.807) is 0 Å². The fourth-order valence-corrected chi connectivity index (χ4v) is 2.57. The molecule has 0 heterocycles. The number of carboxylic acid groups (broad SMARTS) is 1. The third-order valence-electron chi connectivity index (χ3n) is 4.17. The van der Waals surface area contributed by atoms with Gasteiger partial charge in [0.1, 0.15) is 0 Å². The molecule has 0 amide bonds. The largest absolute Gasteiger partial charge is 0.478 e. The van der Waals surface area contributed by atoms with Crippen molar-refractivity contribution in [3.05, 3.63) is 34.9 Å². The zero-order chi connectivity index (χ0) is 20.1. The Labute approximate surface area is 160 Å². The first-order valence-corrected chi connectivity index (χ1v) is 9.72. The van der Waals surface area contributed by atoms with Crippen molar-refractivity contribution >= 4 is 17.9 Å². The molecule has 1 aromatic carbocycles. The molecular formula is C21H30O6. The van der Waals surface area contributed by atoms with E-state index in [9.17, 15) is 19.5 Å². The topological polar surface area (TPSA) is 89.9 Å². The first-order chi connectivity index (χ1) is 13.0. The Kier molecular flexibility index (Phi) is 10.8. The number of unbranched alkanes of at least 4 members (excludes halogenated alkanes) is 6. The Morgan fingerprint density at radius 2 is 1.33 bits per heavy atom. The van der Waals surface area contributed by atoms with E-state index in [0.29, 0.717) is 6.61 Å². The predicted molar refractivity (Wildman–Crippen MR) is 102 cm³/mol. The number of benzene rings is 1. The highest BCUT2D eigenvalue weighted by Gasteiger charge is 2.20. The van der Waals surface area contributed by atoms with Crippen LogP contribution in [0.4, 0.5) is 0 Å². The van der Waals surface area contributed by atoms with E-state index >= 15 is 0 Å². The molecule has 27 heavy (non-hydrogen) atoms. The minimum Gasteiger partial charge on any atom is -0.478 e. The minimum atomic E-state index is -1.29. The molecular weight excluding hydrogens is 348 g/mol. The summed E-state index contributed by atoms with van der Waals surface area (Å²) < 4.78 is 10.3. The van der Waals surface area contributed by atoms with Gasteiger partial charge in [0.05, 0.1) is 29.9 Å². The van der Waals surface area contributed by atoms with Gasteiger partial charge in [-0.1, -0.05) is 52.4 Å². The van der Waals surface area contributed by atoms with Crippen molar-refractivity contribution in [1.82, 2.24) is 0 Å². The lowest BCUT2D eigenvalue weighted by molar-refractivity contribution is 0.0477. The van der Waals surface area contributed by atoms with Crippen LogP contribution in [-0.4, -0.2) is 36.2 Å². The molecule has 0 saturated carbocycles. The fourth-order valence-electron chi connectivity index (χ4n) is 2.57. The van der Waals surface area contributed by atoms with Crippen LogP contribution in [0.25, 0.3) is 0 Å². The molecule has 0 fully saturated rings. The second-order valence-electron chi connectivity index (χ2n) is 6.46. The zero-order valence-corrected chi connectivity index (χ0v) is 16.3. The summed E-state index contributed by atoms with van der Waals surface area (Å²) in [5.74, 6) is -2.57. The van der Waals surface area contributed by atoms with Crippen LogP contribution < -0.4 is 0 Å². The van der Waals surface area contributed by atoms with Gasteiger partial charge >= 0.3 is 17.9 Å². The lowest BCUT2D eigenvalue weighted by atomic mass is 10.0. The lowest BCUT2D eigenvalue weighted by Crippen LogP contribution is -2.15. The molecule has 6 heteroatoms. The standard InChI is InChI=1S/C21H30O6/c1-3-5-7-9-13-26-20(24)16-11-12-17(18(15-16)19(22)23)21(25)27-14-10-8-6-4-2/h11-12,15H,3-10,13-14H2,1-2H3,(H,22,23). The molecule has 150 valence electrons. The highest BCUT2D eigenvalue weighted by molar-refractivity contribution is 6.04. The number of rotatable bonds is 13. The van der Waals surface area contributed by atoms with Crippen LogP contribution in [0, 0.1) is 0 Å². The van der Waals surface area contributed by atoms with E-state index in [1.807, 2.05) is 0 Å². The number of hydrogen-bond acceptors (Lipinski definition) is 5. The van der Waals surface area contributed by atoms with Crippen molar-refractivity contribution in [2.45, 2.75) is 65.2 Å². The second-order valence-corrected chi connectivity index (χ2v) is 6.46. The monoisotopic (exact) mass is 378 g/mol. The number of hydrogen-bond donors (Lipinski definition) is 1. The van der Waals surface area contributed by atoms with E-state index in [-0.39, 0.29) is 23.3 Å². The molecule has 6 nitrogen and oxygen atoms in total. The Bertz CT molecular complexity index is 623. The first kappa shape index (κ1) is 22.7. The number of esters is 2. The molecule has 0 spiro atoms. The summed E-state index contributed by atoms with van der Waals surface area (Å²) >= 11 is 0. The maximum atomic E-state index is 12.2. The highest BCUT2D eigenvalue weighted by atomic mass is 16.5. The van der Waals surface area contributed by atoms with Gasteiger partial charge < -0.3 is 14.6 Å². The van der Waals surface area contributed by atoms with E-state index in [4.69, 9.17) is 9.47 Å². The number of aromatic carboxylic acids is 1. The van der Waals surface area contributed by atoms with E-state index in [0.717, 1.165) is 51.4 Å². The molecule has 0 aliphatic heterocycles. The summed E-state index contributed by atoms with van der Waals surface area (Å²) in [7, 11) is 0. The van der Waals surface area contributed by atoms with Gasteiger partial charge in [-0.15, -0.1) is 0 Å². The van der Waals surface area contributed by atoms with Gasteiger partial charge in [-0.3, -0.25) is 0 Å². The summed E-state index contributed by atoms with van der Waals surface area (Å²) in [5, 5.41) is 9.38. The number of carbonyl (C=O) groups is 3. The summed E-state index contributed by atoms with van der Waals surface area (Å²) in [6, 6.07) is 3.88. The third-order valence-corrected chi connectivity index (χ3v) is 4.17.